The number of fused-ring (bicyclic) bond motifs is 4. The third-order valence-corrected chi connectivity index (χ3v) is 11.4. The maximum Gasteiger partial charge on any atom is 0.135 e. The predicted octanol–water partition coefficient (Wildman–Crippen LogP) is 14.5. The van der Waals surface area contributed by atoms with Gasteiger partial charge in [-0.15, -0.1) is 48.1 Å². The molecular weight excluding hydrogens is 916 g/mol. The van der Waals surface area contributed by atoms with E-state index >= 15 is 0 Å². The van der Waals surface area contributed by atoms with E-state index in [0.717, 1.165) is 50.4 Å². The summed E-state index contributed by atoms with van der Waals surface area (Å²) in [4.78, 5) is 9.39. The van der Waals surface area contributed by atoms with Gasteiger partial charge in [0.25, 0.3) is 0 Å². The first-order chi connectivity index (χ1) is 28.1. The quantitative estimate of drug-likeness (QED) is 0.156. The molecule has 0 unspecified atom stereocenters. The van der Waals surface area contributed by atoms with Gasteiger partial charge in [0.05, 0.1) is 0 Å². The molecule has 0 atom stereocenters. The molecule has 0 amide bonds. The number of aromatic nitrogens is 2. The Kier molecular flexibility index (Phi) is 10.6. The van der Waals surface area contributed by atoms with E-state index in [4.69, 9.17) is 9.72 Å². The minimum atomic E-state index is -0.0691. The van der Waals surface area contributed by atoms with Crippen molar-refractivity contribution in [2.45, 2.75) is 78.6 Å². The van der Waals surface area contributed by atoms with Crippen LogP contribution in [0.1, 0.15) is 79.0 Å². The fourth-order valence-corrected chi connectivity index (χ4v) is 8.13. The van der Waals surface area contributed by atoms with Crippen molar-refractivity contribution in [1.82, 2.24) is 9.55 Å². The Balaban J connectivity index is 0.00000499. The van der Waals surface area contributed by atoms with Crippen LogP contribution in [0.25, 0.3) is 38.8 Å². The number of ether oxygens (including phenoxy) is 1. The third kappa shape index (κ3) is 7.65. The summed E-state index contributed by atoms with van der Waals surface area (Å²) in [5.74, 6) is 2.08. The van der Waals surface area contributed by atoms with Crippen molar-refractivity contribution >= 4 is 44.6 Å². The molecule has 3 heterocycles. The van der Waals surface area contributed by atoms with Gasteiger partial charge in [-0.1, -0.05) is 128 Å². The van der Waals surface area contributed by atoms with E-state index in [-0.39, 0.29) is 37.3 Å². The van der Waals surface area contributed by atoms with E-state index in [9.17, 15) is 0 Å². The molecule has 1 aliphatic heterocycles. The van der Waals surface area contributed by atoms with Gasteiger partial charge < -0.3 is 19.1 Å². The van der Waals surface area contributed by atoms with E-state index in [2.05, 4.69) is 211 Å². The Morgan fingerprint density at radius 1 is 0.567 bits per heavy atom. The second-order valence-corrected chi connectivity index (χ2v) is 18.7. The molecule has 1 aliphatic rings. The zero-order chi connectivity index (χ0) is 41.3. The number of hydrogen-bond acceptors (Lipinski definition) is 4. The van der Waals surface area contributed by atoms with Crippen LogP contribution in [-0.2, 0) is 37.3 Å². The number of anilines is 4. The van der Waals surface area contributed by atoms with Crippen molar-refractivity contribution in [2.75, 3.05) is 9.80 Å². The van der Waals surface area contributed by atoms with E-state index < -0.39 is 0 Å². The Morgan fingerprint density at radius 2 is 1.28 bits per heavy atom. The fourth-order valence-electron chi connectivity index (χ4n) is 8.13. The molecule has 9 rings (SSSR count). The molecular formula is C54H51N4OPt-3. The van der Waals surface area contributed by atoms with E-state index in [1.54, 1.807) is 0 Å². The molecule has 0 saturated carbocycles. The second-order valence-electron chi connectivity index (χ2n) is 18.7. The molecule has 5 nitrogen and oxygen atoms in total. The zero-order valence-corrected chi connectivity index (χ0v) is 38.1. The van der Waals surface area contributed by atoms with Gasteiger partial charge in [0.2, 0.25) is 0 Å². The topological polar surface area (TPSA) is 33.5 Å². The Hall–Kier alpha value is -5.64. The average Bonchev–Trinajstić information content (AvgIpc) is 3.76. The first-order valence-electron chi connectivity index (χ1n) is 20.5. The number of para-hydroxylation sites is 1. The molecule has 0 aliphatic carbocycles. The van der Waals surface area contributed by atoms with Crippen molar-refractivity contribution in [2.24, 2.45) is 0 Å². The maximum absolute atomic E-state index is 6.64. The fraction of sp³-hybridized carbons (Fsp3) is 0.222. The van der Waals surface area contributed by atoms with Crippen LogP contribution in [0.15, 0.2) is 140 Å². The van der Waals surface area contributed by atoms with Crippen LogP contribution in [0, 0.1) is 18.8 Å². The number of nitrogens with zero attached hydrogens (tertiary/aromatic N) is 4. The molecule has 60 heavy (non-hydrogen) atoms. The van der Waals surface area contributed by atoms with E-state index in [0.29, 0.717) is 11.5 Å². The monoisotopic (exact) mass is 966 g/mol. The summed E-state index contributed by atoms with van der Waals surface area (Å²) in [7, 11) is 0. The first-order valence-corrected chi connectivity index (χ1v) is 20.5. The minimum Gasteiger partial charge on any atom is -0.509 e. The summed E-state index contributed by atoms with van der Waals surface area (Å²) in [6.07, 6.45) is 1.90. The molecule has 6 heteroatoms. The number of rotatable bonds is 6. The van der Waals surface area contributed by atoms with E-state index in [1.807, 2.05) is 24.4 Å². The van der Waals surface area contributed by atoms with Crippen LogP contribution >= 0.6 is 0 Å². The molecule has 0 radical (unpaired) electrons. The molecule has 0 bridgehead atoms. The van der Waals surface area contributed by atoms with Gasteiger partial charge in [-0.05, 0) is 91.9 Å². The average molecular weight is 967 g/mol. The van der Waals surface area contributed by atoms with Gasteiger partial charge in [-0.3, -0.25) is 0 Å². The SMILES string of the molecule is CC(C)(C)c1ccnc(-n2c3[c-]c(Oc4[c-]c(N5[CH-]N(c6ccc(-c7ccccc7)c(C(C)(C)C)c6)c6ccc(C(C)(C)C)cc65)ccc4)ccc3c3ccccc32)c1.[Pt]. The van der Waals surface area contributed by atoms with Crippen LogP contribution in [0.4, 0.5) is 22.7 Å². The normalized spacial score (nSPS) is 13.2. The van der Waals surface area contributed by atoms with Crippen molar-refractivity contribution in [3.05, 3.63) is 175 Å². The van der Waals surface area contributed by atoms with Gasteiger partial charge in [-0.2, -0.15) is 12.1 Å². The molecule has 0 fully saturated rings. The molecule has 6 aromatic carbocycles. The zero-order valence-electron chi connectivity index (χ0n) is 35.9. The van der Waals surface area contributed by atoms with Crippen LogP contribution in [0.3, 0.4) is 0 Å². The Labute approximate surface area is 369 Å². The van der Waals surface area contributed by atoms with Gasteiger partial charge in [0.1, 0.15) is 5.82 Å². The molecule has 0 N–H and O–H groups in total. The third-order valence-electron chi connectivity index (χ3n) is 11.4. The summed E-state index contributed by atoms with van der Waals surface area (Å²) < 4.78 is 8.83. The first kappa shape index (κ1) is 41.1. The Bertz CT molecular complexity index is 2860. The van der Waals surface area contributed by atoms with Gasteiger partial charge in [0, 0.05) is 61.3 Å². The minimum absolute atomic E-state index is 0. The van der Waals surface area contributed by atoms with Crippen molar-refractivity contribution in [3.63, 3.8) is 0 Å². The molecule has 8 aromatic rings. The number of pyridine rings is 1. The summed E-state index contributed by atoms with van der Waals surface area (Å²) in [5.41, 5.74) is 12.3. The van der Waals surface area contributed by atoms with Crippen LogP contribution in [-0.4, -0.2) is 9.55 Å². The summed E-state index contributed by atoms with van der Waals surface area (Å²) in [5, 5.41) is 2.24. The second kappa shape index (κ2) is 15.4. The van der Waals surface area contributed by atoms with E-state index in [1.165, 1.54) is 27.8 Å². The predicted molar refractivity (Wildman–Crippen MR) is 246 cm³/mol. The molecule has 0 saturated heterocycles. The largest absolute Gasteiger partial charge is 0.509 e. The summed E-state index contributed by atoms with van der Waals surface area (Å²) in [6.45, 7) is 22.5. The van der Waals surface area contributed by atoms with Gasteiger partial charge in [-0.25, -0.2) is 4.98 Å². The van der Waals surface area contributed by atoms with Crippen molar-refractivity contribution < 1.29 is 25.8 Å². The summed E-state index contributed by atoms with van der Waals surface area (Å²) in [6, 6.07) is 54.6. The van der Waals surface area contributed by atoms with Crippen molar-refractivity contribution in [3.8, 4) is 28.4 Å². The smallest absolute Gasteiger partial charge is 0.135 e. The molecule has 306 valence electrons. The number of hydrogen-bond donors (Lipinski definition) is 0. The number of benzene rings is 6. The van der Waals surface area contributed by atoms with Crippen LogP contribution < -0.4 is 14.5 Å². The van der Waals surface area contributed by atoms with Gasteiger partial charge >= 0.3 is 0 Å². The van der Waals surface area contributed by atoms with Crippen LogP contribution in [0.2, 0.25) is 0 Å². The molecule has 2 aromatic heterocycles. The standard InChI is InChI=1S/C54H51N4O.Pt/c1-52(2,3)37-22-27-48-50(30-37)57(35-56(48)40-23-25-43(36-16-11-10-12-17-36)46(33-40)54(7,8)9)39-18-15-19-41(32-39)59-42-24-26-45-44-20-13-14-21-47(44)58(49(45)34-42)51-31-38(28-29-55-51)53(4,5)6;/h10-31,33,35H,1-9H3;/q-3;. The van der Waals surface area contributed by atoms with Crippen molar-refractivity contribution in [1.29, 1.82) is 0 Å². The molecule has 0 spiro atoms. The maximum atomic E-state index is 6.64. The van der Waals surface area contributed by atoms with Crippen LogP contribution in [0.5, 0.6) is 11.5 Å². The van der Waals surface area contributed by atoms with Gasteiger partial charge in [0.15, 0.2) is 0 Å². The summed E-state index contributed by atoms with van der Waals surface area (Å²) >= 11 is 0. The Morgan fingerprint density at radius 3 is 2.03 bits per heavy atom.